The smallest absolute Gasteiger partial charge is 0.344 e. The van der Waals surface area contributed by atoms with Crippen molar-refractivity contribution in [1.82, 2.24) is 0 Å². The first-order chi connectivity index (χ1) is 9.22. The second-order valence-corrected chi connectivity index (χ2v) is 4.50. The van der Waals surface area contributed by atoms with Crippen molar-refractivity contribution in [3.8, 4) is 5.75 Å². The summed E-state index contributed by atoms with van der Waals surface area (Å²) in [5.41, 5.74) is 6.22. The van der Waals surface area contributed by atoms with Crippen LogP contribution in [0, 0.1) is 0 Å². The molecule has 4 nitrogen and oxygen atoms in total. The Morgan fingerprint density at radius 1 is 1.21 bits per heavy atom. The van der Waals surface area contributed by atoms with E-state index in [-0.39, 0.29) is 12.6 Å². The van der Waals surface area contributed by atoms with Gasteiger partial charge in [0.25, 0.3) is 0 Å². The summed E-state index contributed by atoms with van der Waals surface area (Å²) in [6.45, 7) is 2.58. The molecule has 1 aromatic carbocycles. The number of carbonyl (C=O) groups is 1. The van der Waals surface area contributed by atoms with Crippen molar-refractivity contribution in [3.05, 3.63) is 24.3 Å². The van der Waals surface area contributed by atoms with Gasteiger partial charge in [-0.3, -0.25) is 0 Å². The Balaban J connectivity index is 2.08. The number of benzene rings is 1. The molecular formula is C15H23NO3. The topological polar surface area (TPSA) is 61.5 Å². The molecule has 0 saturated heterocycles. The van der Waals surface area contributed by atoms with Crippen LogP contribution in [0.15, 0.2) is 24.3 Å². The van der Waals surface area contributed by atoms with Crippen LogP contribution in [-0.2, 0) is 9.53 Å². The van der Waals surface area contributed by atoms with E-state index in [1.165, 1.54) is 19.3 Å². The quantitative estimate of drug-likeness (QED) is 0.423. The SMILES string of the molecule is CCCCCCCOC(=O)COc1cccc(N)c1. The van der Waals surface area contributed by atoms with Gasteiger partial charge in [0.2, 0.25) is 0 Å². The maximum atomic E-state index is 11.4. The summed E-state index contributed by atoms with van der Waals surface area (Å²) in [4.78, 5) is 11.4. The highest BCUT2D eigenvalue weighted by Crippen LogP contribution is 2.14. The molecule has 0 atom stereocenters. The van der Waals surface area contributed by atoms with Crippen molar-refractivity contribution in [2.45, 2.75) is 39.0 Å². The van der Waals surface area contributed by atoms with Crippen molar-refractivity contribution in [2.24, 2.45) is 0 Å². The van der Waals surface area contributed by atoms with Gasteiger partial charge in [0.05, 0.1) is 6.61 Å². The molecule has 106 valence electrons. The fourth-order valence-electron chi connectivity index (χ4n) is 1.68. The molecule has 0 fully saturated rings. The van der Waals surface area contributed by atoms with Gasteiger partial charge < -0.3 is 15.2 Å². The number of ether oxygens (including phenoxy) is 2. The third kappa shape index (κ3) is 7.34. The average Bonchev–Trinajstić information content (AvgIpc) is 2.40. The minimum atomic E-state index is -0.335. The lowest BCUT2D eigenvalue weighted by Gasteiger charge is -2.07. The Bertz CT molecular complexity index is 379. The van der Waals surface area contributed by atoms with Crippen LogP contribution >= 0.6 is 0 Å². The Kier molecular flexibility index (Phi) is 7.47. The van der Waals surface area contributed by atoms with E-state index in [1.54, 1.807) is 24.3 Å². The van der Waals surface area contributed by atoms with E-state index in [2.05, 4.69) is 6.92 Å². The van der Waals surface area contributed by atoms with E-state index in [1.807, 2.05) is 0 Å². The van der Waals surface area contributed by atoms with Crippen molar-refractivity contribution < 1.29 is 14.3 Å². The second kappa shape index (κ2) is 9.25. The van der Waals surface area contributed by atoms with Gasteiger partial charge in [0.15, 0.2) is 6.61 Å². The van der Waals surface area contributed by atoms with Crippen LogP contribution in [0.2, 0.25) is 0 Å². The minimum Gasteiger partial charge on any atom is -0.482 e. The predicted octanol–water partition coefficient (Wildman–Crippen LogP) is 3.16. The molecule has 0 bridgehead atoms. The lowest BCUT2D eigenvalue weighted by molar-refractivity contribution is -0.146. The number of unbranched alkanes of at least 4 members (excludes halogenated alkanes) is 4. The van der Waals surface area contributed by atoms with Gasteiger partial charge in [0, 0.05) is 11.8 Å². The summed E-state index contributed by atoms with van der Waals surface area (Å²) in [6.07, 6.45) is 5.69. The fourth-order valence-corrected chi connectivity index (χ4v) is 1.68. The predicted molar refractivity (Wildman–Crippen MR) is 76.1 cm³/mol. The van der Waals surface area contributed by atoms with Gasteiger partial charge in [-0.25, -0.2) is 4.79 Å². The van der Waals surface area contributed by atoms with Gasteiger partial charge in [-0.05, 0) is 18.6 Å². The highest BCUT2D eigenvalue weighted by Gasteiger charge is 2.04. The lowest BCUT2D eigenvalue weighted by atomic mass is 10.2. The largest absolute Gasteiger partial charge is 0.482 e. The maximum absolute atomic E-state index is 11.4. The Labute approximate surface area is 114 Å². The Morgan fingerprint density at radius 3 is 2.74 bits per heavy atom. The normalized spacial score (nSPS) is 10.2. The second-order valence-electron chi connectivity index (χ2n) is 4.50. The highest BCUT2D eigenvalue weighted by atomic mass is 16.6. The summed E-state index contributed by atoms with van der Waals surface area (Å²) >= 11 is 0. The summed E-state index contributed by atoms with van der Waals surface area (Å²) in [6, 6.07) is 6.98. The van der Waals surface area contributed by atoms with Crippen molar-refractivity contribution in [2.75, 3.05) is 18.9 Å². The number of nitrogens with two attached hydrogens (primary N) is 1. The van der Waals surface area contributed by atoms with Gasteiger partial charge in [-0.1, -0.05) is 38.7 Å². The first kappa shape index (κ1) is 15.3. The van der Waals surface area contributed by atoms with E-state index >= 15 is 0 Å². The molecule has 0 radical (unpaired) electrons. The van der Waals surface area contributed by atoms with Crippen LogP contribution in [0.5, 0.6) is 5.75 Å². The number of esters is 1. The lowest BCUT2D eigenvalue weighted by Crippen LogP contribution is -2.15. The van der Waals surface area contributed by atoms with Crippen LogP contribution in [-0.4, -0.2) is 19.2 Å². The van der Waals surface area contributed by atoms with E-state index < -0.39 is 0 Å². The number of nitrogen functional groups attached to an aromatic ring is 1. The van der Waals surface area contributed by atoms with Gasteiger partial charge >= 0.3 is 5.97 Å². The van der Waals surface area contributed by atoms with Crippen LogP contribution < -0.4 is 10.5 Å². The van der Waals surface area contributed by atoms with Crippen molar-refractivity contribution >= 4 is 11.7 Å². The molecule has 2 N–H and O–H groups in total. The molecule has 0 aromatic heterocycles. The molecule has 0 aliphatic rings. The molecule has 0 spiro atoms. The summed E-state index contributed by atoms with van der Waals surface area (Å²) in [5, 5.41) is 0. The molecule has 0 aliphatic carbocycles. The molecule has 4 heteroatoms. The monoisotopic (exact) mass is 265 g/mol. The van der Waals surface area contributed by atoms with E-state index in [9.17, 15) is 4.79 Å². The molecule has 0 unspecified atom stereocenters. The third-order valence-electron chi connectivity index (χ3n) is 2.73. The molecular weight excluding hydrogens is 242 g/mol. The third-order valence-corrected chi connectivity index (χ3v) is 2.73. The number of rotatable bonds is 9. The summed E-state index contributed by atoms with van der Waals surface area (Å²) < 4.78 is 10.4. The molecule has 1 rings (SSSR count). The molecule has 19 heavy (non-hydrogen) atoms. The van der Waals surface area contributed by atoms with Crippen LogP contribution in [0.25, 0.3) is 0 Å². The molecule has 0 heterocycles. The van der Waals surface area contributed by atoms with Gasteiger partial charge in [-0.2, -0.15) is 0 Å². The maximum Gasteiger partial charge on any atom is 0.344 e. The zero-order chi connectivity index (χ0) is 13.9. The average molecular weight is 265 g/mol. The van der Waals surface area contributed by atoms with E-state index in [0.29, 0.717) is 18.0 Å². The molecule has 0 saturated carbocycles. The summed E-state index contributed by atoms with van der Waals surface area (Å²) in [5.74, 6) is 0.248. The first-order valence-electron chi connectivity index (χ1n) is 6.86. The van der Waals surface area contributed by atoms with E-state index in [0.717, 1.165) is 12.8 Å². The fraction of sp³-hybridized carbons (Fsp3) is 0.533. The zero-order valence-electron chi connectivity index (χ0n) is 11.6. The molecule has 0 aliphatic heterocycles. The standard InChI is InChI=1S/C15H23NO3/c1-2-3-4-5-6-10-18-15(17)12-19-14-9-7-8-13(16)11-14/h7-9,11H,2-6,10,12,16H2,1H3. The minimum absolute atomic E-state index is 0.0710. The van der Waals surface area contributed by atoms with Crippen LogP contribution in [0.1, 0.15) is 39.0 Å². The first-order valence-corrected chi connectivity index (χ1v) is 6.86. The molecule has 0 amide bonds. The Morgan fingerprint density at radius 2 is 2.00 bits per heavy atom. The number of hydrogen-bond acceptors (Lipinski definition) is 4. The summed E-state index contributed by atoms with van der Waals surface area (Å²) in [7, 11) is 0. The van der Waals surface area contributed by atoms with Gasteiger partial charge in [-0.15, -0.1) is 0 Å². The van der Waals surface area contributed by atoms with E-state index in [4.69, 9.17) is 15.2 Å². The number of anilines is 1. The van der Waals surface area contributed by atoms with Crippen molar-refractivity contribution in [1.29, 1.82) is 0 Å². The van der Waals surface area contributed by atoms with Gasteiger partial charge in [0.1, 0.15) is 5.75 Å². The Hall–Kier alpha value is -1.71. The highest BCUT2D eigenvalue weighted by molar-refractivity contribution is 5.71. The number of hydrogen-bond donors (Lipinski definition) is 1. The van der Waals surface area contributed by atoms with Crippen LogP contribution in [0.4, 0.5) is 5.69 Å². The number of carbonyl (C=O) groups excluding carboxylic acids is 1. The molecule has 1 aromatic rings. The zero-order valence-corrected chi connectivity index (χ0v) is 11.6. The van der Waals surface area contributed by atoms with Crippen LogP contribution in [0.3, 0.4) is 0 Å². The van der Waals surface area contributed by atoms with Crippen molar-refractivity contribution in [3.63, 3.8) is 0 Å².